The molecule has 0 N–H and O–H groups in total. The zero-order chi connectivity index (χ0) is 11.0. The molecule has 3 aromatic rings. The quantitative estimate of drug-likeness (QED) is 0.599. The summed E-state index contributed by atoms with van der Waals surface area (Å²) in [6, 6.07) is 17.1. The fourth-order valence-electron chi connectivity index (χ4n) is 2.01. The summed E-state index contributed by atoms with van der Waals surface area (Å²) >= 11 is 0. The Bertz CT molecular complexity index is 624. The Labute approximate surface area is 94.2 Å². The number of aromatic nitrogens is 2. The SMILES string of the molecule is Cc1nc2ccccn2c1-c1cc[c]cc1. The second kappa shape index (κ2) is 3.49. The Morgan fingerprint density at radius 2 is 1.94 bits per heavy atom. The minimum absolute atomic E-state index is 0.989. The molecule has 0 aliphatic rings. The molecule has 0 fully saturated rings. The summed E-state index contributed by atoms with van der Waals surface area (Å²) in [7, 11) is 0. The molecular weight excluding hydrogens is 196 g/mol. The zero-order valence-electron chi connectivity index (χ0n) is 9.01. The molecule has 0 aliphatic heterocycles. The number of aryl methyl sites for hydroxylation is 1. The number of hydrogen-bond acceptors (Lipinski definition) is 1. The van der Waals surface area contributed by atoms with Crippen molar-refractivity contribution in [3.8, 4) is 11.3 Å². The molecule has 2 heterocycles. The van der Waals surface area contributed by atoms with Crippen LogP contribution in [0, 0.1) is 13.0 Å². The van der Waals surface area contributed by atoms with Gasteiger partial charge in [0, 0.05) is 11.8 Å². The van der Waals surface area contributed by atoms with E-state index in [4.69, 9.17) is 0 Å². The van der Waals surface area contributed by atoms with E-state index in [9.17, 15) is 0 Å². The minimum atomic E-state index is 0.989. The van der Waals surface area contributed by atoms with Gasteiger partial charge < -0.3 is 0 Å². The minimum Gasteiger partial charge on any atom is -0.299 e. The molecule has 1 aromatic carbocycles. The second-order valence-electron chi connectivity index (χ2n) is 3.76. The topological polar surface area (TPSA) is 17.3 Å². The van der Waals surface area contributed by atoms with Crippen molar-refractivity contribution in [1.29, 1.82) is 0 Å². The maximum Gasteiger partial charge on any atom is 0.137 e. The predicted molar refractivity (Wildman–Crippen MR) is 64.2 cm³/mol. The highest BCUT2D eigenvalue weighted by atomic mass is 15.0. The second-order valence-corrected chi connectivity index (χ2v) is 3.76. The van der Waals surface area contributed by atoms with E-state index >= 15 is 0 Å². The smallest absolute Gasteiger partial charge is 0.137 e. The summed E-state index contributed by atoms with van der Waals surface area (Å²) in [6.07, 6.45) is 2.04. The van der Waals surface area contributed by atoms with Crippen LogP contribution < -0.4 is 0 Å². The summed E-state index contributed by atoms with van der Waals surface area (Å²) in [5.74, 6) is 0. The molecule has 0 saturated heterocycles. The average Bonchev–Trinajstić information content (AvgIpc) is 2.66. The zero-order valence-corrected chi connectivity index (χ0v) is 9.01. The van der Waals surface area contributed by atoms with Crippen molar-refractivity contribution in [3.63, 3.8) is 0 Å². The standard InChI is InChI=1S/C14H11N2/c1-11-14(12-7-3-2-4-8-12)16-10-6-5-9-13(16)15-11/h3-10H,1H3. The predicted octanol–water partition coefficient (Wildman–Crippen LogP) is 3.11. The van der Waals surface area contributed by atoms with Crippen LogP contribution in [0.1, 0.15) is 5.69 Å². The van der Waals surface area contributed by atoms with Crippen LogP contribution in [0.3, 0.4) is 0 Å². The van der Waals surface area contributed by atoms with Gasteiger partial charge in [-0.25, -0.2) is 4.98 Å². The third-order valence-electron chi connectivity index (χ3n) is 2.70. The van der Waals surface area contributed by atoms with Crippen LogP contribution in [0.25, 0.3) is 16.9 Å². The van der Waals surface area contributed by atoms with Crippen LogP contribution in [0.2, 0.25) is 0 Å². The van der Waals surface area contributed by atoms with E-state index in [0.717, 1.165) is 17.0 Å². The highest BCUT2D eigenvalue weighted by molar-refractivity contribution is 5.66. The number of nitrogens with zero attached hydrogens (tertiary/aromatic N) is 2. The first-order valence-electron chi connectivity index (χ1n) is 5.26. The van der Waals surface area contributed by atoms with Gasteiger partial charge in [0.15, 0.2) is 0 Å². The molecule has 0 unspecified atom stereocenters. The Hall–Kier alpha value is -2.09. The lowest BCUT2D eigenvalue weighted by molar-refractivity contribution is 1.19. The van der Waals surface area contributed by atoms with Crippen LogP contribution >= 0.6 is 0 Å². The maximum absolute atomic E-state index is 4.54. The van der Waals surface area contributed by atoms with Gasteiger partial charge in [-0.2, -0.15) is 0 Å². The first-order chi connectivity index (χ1) is 7.86. The van der Waals surface area contributed by atoms with Crippen LogP contribution in [0.5, 0.6) is 0 Å². The molecule has 0 saturated carbocycles. The Morgan fingerprint density at radius 1 is 1.12 bits per heavy atom. The number of pyridine rings is 1. The Kier molecular flexibility index (Phi) is 2.00. The van der Waals surface area contributed by atoms with Crippen LogP contribution in [-0.4, -0.2) is 9.38 Å². The lowest BCUT2D eigenvalue weighted by Crippen LogP contribution is -1.87. The third-order valence-corrected chi connectivity index (χ3v) is 2.70. The van der Waals surface area contributed by atoms with Gasteiger partial charge >= 0.3 is 0 Å². The molecule has 2 heteroatoms. The van der Waals surface area contributed by atoms with E-state index < -0.39 is 0 Å². The summed E-state index contributed by atoms with van der Waals surface area (Å²) in [5.41, 5.74) is 4.37. The van der Waals surface area contributed by atoms with E-state index in [2.05, 4.69) is 27.6 Å². The first-order valence-corrected chi connectivity index (χ1v) is 5.26. The molecule has 2 nitrogen and oxygen atoms in total. The van der Waals surface area contributed by atoms with Crippen LogP contribution in [0.4, 0.5) is 0 Å². The van der Waals surface area contributed by atoms with Crippen LogP contribution in [0.15, 0.2) is 48.7 Å². The molecule has 0 atom stereocenters. The van der Waals surface area contributed by atoms with Crippen molar-refractivity contribution >= 4 is 5.65 Å². The molecule has 0 spiro atoms. The highest BCUT2D eigenvalue weighted by Gasteiger charge is 2.09. The molecule has 2 aromatic heterocycles. The number of hydrogen-bond donors (Lipinski definition) is 0. The summed E-state index contributed by atoms with van der Waals surface area (Å²) in [5, 5.41) is 0. The fourth-order valence-corrected chi connectivity index (χ4v) is 2.01. The molecule has 0 aliphatic carbocycles. The van der Waals surface area contributed by atoms with Gasteiger partial charge in [0.1, 0.15) is 5.65 Å². The summed E-state index contributed by atoms with van der Waals surface area (Å²) < 4.78 is 2.12. The van der Waals surface area contributed by atoms with Crippen molar-refractivity contribution in [1.82, 2.24) is 9.38 Å². The summed E-state index contributed by atoms with van der Waals surface area (Å²) in [6.45, 7) is 2.04. The van der Waals surface area contributed by atoms with Crippen molar-refractivity contribution in [3.05, 3.63) is 60.4 Å². The van der Waals surface area contributed by atoms with Gasteiger partial charge in [-0.05, 0) is 25.1 Å². The van der Waals surface area contributed by atoms with Gasteiger partial charge in [0.2, 0.25) is 0 Å². The average molecular weight is 207 g/mol. The summed E-state index contributed by atoms with van der Waals surface area (Å²) in [4.78, 5) is 4.54. The largest absolute Gasteiger partial charge is 0.299 e. The third kappa shape index (κ3) is 1.31. The van der Waals surface area contributed by atoms with Gasteiger partial charge in [-0.15, -0.1) is 0 Å². The lowest BCUT2D eigenvalue weighted by Gasteiger charge is -2.02. The van der Waals surface area contributed by atoms with E-state index in [1.54, 1.807) is 0 Å². The first kappa shape index (κ1) is 9.16. The molecule has 0 amide bonds. The lowest BCUT2D eigenvalue weighted by atomic mass is 10.1. The van der Waals surface area contributed by atoms with Crippen molar-refractivity contribution in [2.45, 2.75) is 6.92 Å². The van der Waals surface area contributed by atoms with E-state index in [1.807, 2.05) is 43.5 Å². The van der Waals surface area contributed by atoms with Gasteiger partial charge in [-0.3, -0.25) is 4.40 Å². The van der Waals surface area contributed by atoms with Crippen molar-refractivity contribution in [2.24, 2.45) is 0 Å². The van der Waals surface area contributed by atoms with E-state index in [1.165, 1.54) is 5.56 Å². The van der Waals surface area contributed by atoms with Gasteiger partial charge in [-0.1, -0.05) is 30.3 Å². The van der Waals surface area contributed by atoms with E-state index in [0.29, 0.717) is 0 Å². The number of rotatable bonds is 1. The molecule has 77 valence electrons. The fraction of sp³-hybridized carbons (Fsp3) is 0.0714. The highest BCUT2D eigenvalue weighted by Crippen LogP contribution is 2.23. The Balaban J connectivity index is 2.35. The molecule has 1 radical (unpaired) electrons. The number of benzene rings is 1. The molecule has 16 heavy (non-hydrogen) atoms. The Morgan fingerprint density at radius 3 is 2.75 bits per heavy atom. The normalized spacial score (nSPS) is 10.8. The maximum atomic E-state index is 4.54. The van der Waals surface area contributed by atoms with E-state index in [-0.39, 0.29) is 0 Å². The van der Waals surface area contributed by atoms with Gasteiger partial charge in [0.05, 0.1) is 11.4 Å². The number of imidazole rings is 1. The van der Waals surface area contributed by atoms with Crippen LogP contribution in [-0.2, 0) is 0 Å². The molecule has 0 bridgehead atoms. The molecule has 3 rings (SSSR count). The monoisotopic (exact) mass is 207 g/mol. The van der Waals surface area contributed by atoms with Gasteiger partial charge in [0.25, 0.3) is 0 Å². The molecular formula is C14H11N2. The number of fused-ring (bicyclic) bond motifs is 1. The van der Waals surface area contributed by atoms with Crippen molar-refractivity contribution < 1.29 is 0 Å². The van der Waals surface area contributed by atoms with Crippen molar-refractivity contribution in [2.75, 3.05) is 0 Å².